The molecule has 96 valence electrons. The summed E-state index contributed by atoms with van der Waals surface area (Å²) in [5.74, 6) is 0. The van der Waals surface area contributed by atoms with Crippen LogP contribution in [0.4, 0.5) is 0 Å². The van der Waals surface area contributed by atoms with Crippen molar-refractivity contribution in [2.45, 2.75) is 6.61 Å². The quantitative estimate of drug-likeness (QED) is 0.627. The molecular weight excluding hydrogens is 250 g/mol. The number of rotatable bonds is 4. The highest BCUT2D eigenvalue weighted by molar-refractivity contribution is 5.79. The molecule has 0 saturated carbocycles. The molecule has 4 heteroatoms. The summed E-state index contributed by atoms with van der Waals surface area (Å²) < 4.78 is 0. The van der Waals surface area contributed by atoms with E-state index in [2.05, 4.69) is 11.2 Å². The molecule has 0 N–H and O–H groups in total. The van der Waals surface area contributed by atoms with Crippen LogP contribution >= 0.6 is 0 Å². The fourth-order valence-electron chi connectivity index (χ4n) is 1.60. The van der Waals surface area contributed by atoms with Crippen molar-refractivity contribution in [3.63, 3.8) is 0 Å². The Bertz CT molecular complexity index is 691. The zero-order chi connectivity index (χ0) is 14.2. The third-order valence-corrected chi connectivity index (χ3v) is 2.67. The van der Waals surface area contributed by atoms with Gasteiger partial charge in [-0.15, -0.1) is 0 Å². The number of hydrogen-bond acceptors (Lipinski definition) is 4. The molecule has 0 aliphatic heterocycles. The van der Waals surface area contributed by atoms with E-state index >= 15 is 0 Å². The van der Waals surface area contributed by atoms with Crippen LogP contribution in [0.1, 0.15) is 22.3 Å². The van der Waals surface area contributed by atoms with E-state index in [4.69, 9.17) is 15.4 Å². The highest BCUT2D eigenvalue weighted by atomic mass is 16.6. The molecule has 0 spiro atoms. The molecule has 20 heavy (non-hydrogen) atoms. The van der Waals surface area contributed by atoms with E-state index in [1.165, 1.54) is 0 Å². The molecule has 0 fully saturated rings. The van der Waals surface area contributed by atoms with E-state index in [1.54, 1.807) is 36.5 Å². The van der Waals surface area contributed by atoms with E-state index < -0.39 is 0 Å². The second kappa shape index (κ2) is 6.72. The van der Waals surface area contributed by atoms with Gasteiger partial charge >= 0.3 is 0 Å². The molecule has 0 radical (unpaired) electrons. The van der Waals surface area contributed by atoms with Gasteiger partial charge in [0.25, 0.3) is 0 Å². The Morgan fingerprint density at radius 3 is 2.45 bits per heavy atom. The highest BCUT2D eigenvalue weighted by Gasteiger charge is 1.99. The first-order chi connectivity index (χ1) is 9.83. The fourth-order valence-corrected chi connectivity index (χ4v) is 1.60. The minimum Gasteiger partial charge on any atom is -0.391 e. The molecule has 0 aliphatic carbocycles. The van der Waals surface area contributed by atoms with Gasteiger partial charge in [0.1, 0.15) is 6.61 Å². The predicted molar refractivity (Wildman–Crippen MR) is 74.7 cm³/mol. The number of benzene rings is 2. The average Bonchev–Trinajstić information content (AvgIpc) is 2.52. The Kier molecular flexibility index (Phi) is 4.48. The third-order valence-electron chi connectivity index (χ3n) is 2.67. The SMILES string of the molecule is N#Cc1ccc(C=NOCc2ccccc2C#N)cc1. The summed E-state index contributed by atoms with van der Waals surface area (Å²) >= 11 is 0. The monoisotopic (exact) mass is 261 g/mol. The predicted octanol–water partition coefficient (Wildman–Crippen LogP) is 2.98. The molecule has 0 saturated heterocycles. The van der Waals surface area contributed by atoms with E-state index in [0.717, 1.165) is 11.1 Å². The van der Waals surface area contributed by atoms with E-state index in [1.807, 2.05) is 24.3 Å². The van der Waals surface area contributed by atoms with Crippen LogP contribution in [0, 0.1) is 22.7 Å². The van der Waals surface area contributed by atoms with Crippen molar-refractivity contribution in [2.75, 3.05) is 0 Å². The van der Waals surface area contributed by atoms with Crippen molar-refractivity contribution in [2.24, 2.45) is 5.16 Å². The molecule has 0 aliphatic rings. The first kappa shape index (κ1) is 13.3. The summed E-state index contributed by atoms with van der Waals surface area (Å²) in [4.78, 5) is 5.18. The number of nitriles is 2. The second-order valence-electron chi connectivity index (χ2n) is 4.01. The minimum absolute atomic E-state index is 0.247. The Morgan fingerprint density at radius 2 is 1.75 bits per heavy atom. The third kappa shape index (κ3) is 3.44. The lowest BCUT2D eigenvalue weighted by atomic mass is 10.1. The Balaban J connectivity index is 1.94. The van der Waals surface area contributed by atoms with Crippen LogP contribution in [0.25, 0.3) is 0 Å². The van der Waals surface area contributed by atoms with Gasteiger partial charge in [0.2, 0.25) is 0 Å². The van der Waals surface area contributed by atoms with E-state index in [-0.39, 0.29) is 6.61 Å². The smallest absolute Gasteiger partial charge is 0.143 e. The molecule has 2 rings (SSSR count). The van der Waals surface area contributed by atoms with Gasteiger partial charge in [-0.1, -0.05) is 35.5 Å². The Morgan fingerprint density at radius 1 is 1.00 bits per heavy atom. The topological polar surface area (TPSA) is 69.2 Å². The second-order valence-corrected chi connectivity index (χ2v) is 4.01. The van der Waals surface area contributed by atoms with Crippen LogP contribution in [-0.2, 0) is 11.4 Å². The van der Waals surface area contributed by atoms with Crippen LogP contribution in [0.5, 0.6) is 0 Å². The maximum absolute atomic E-state index is 8.93. The molecule has 4 nitrogen and oxygen atoms in total. The molecule has 0 unspecified atom stereocenters. The van der Waals surface area contributed by atoms with Crippen LogP contribution < -0.4 is 0 Å². The normalized spacial score (nSPS) is 9.90. The van der Waals surface area contributed by atoms with Crippen molar-refractivity contribution in [3.05, 3.63) is 70.8 Å². The Hall–Kier alpha value is -3.11. The van der Waals surface area contributed by atoms with Gasteiger partial charge in [0.15, 0.2) is 0 Å². The first-order valence-corrected chi connectivity index (χ1v) is 5.97. The number of hydrogen-bond donors (Lipinski definition) is 0. The minimum atomic E-state index is 0.247. The fraction of sp³-hybridized carbons (Fsp3) is 0.0625. The maximum Gasteiger partial charge on any atom is 0.143 e. The lowest BCUT2D eigenvalue weighted by Gasteiger charge is -2.01. The summed E-state index contributed by atoms with van der Waals surface area (Å²) in [5, 5.41) is 21.5. The largest absolute Gasteiger partial charge is 0.391 e. The van der Waals surface area contributed by atoms with Crippen molar-refractivity contribution in [1.82, 2.24) is 0 Å². The molecule has 2 aromatic carbocycles. The standard InChI is InChI=1S/C16H11N3O/c17-9-13-5-7-14(8-6-13)11-19-20-12-16-4-2-1-3-15(16)10-18/h1-8,11H,12H2. The lowest BCUT2D eigenvalue weighted by molar-refractivity contribution is 0.132. The van der Waals surface area contributed by atoms with Crippen LogP contribution in [0.3, 0.4) is 0 Å². The van der Waals surface area contributed by atoms with Crippen molar-refractivity contribution >= 4 is 6.21 Å². The zero-order valence-corrected chi connectivity index (χ0v) is 10.7. The van der Waals surface area contributed by atoms with Gasteiger partial charge in [-0.05, 0) is 23.8 Å². The first-order valence-electron chi connectivity index (χ1n) is 5.97. The molecule has 0 bridgehead atoms. The highest BCUT2D eigenvalue weighted by Crippen LogP contribution is 2.08. The van der Waals surface area contributed by atoms with Crippen LogP contribution in [0.2, 0.25) is 0 Å². The maximum atomic E-state index is 8.93. The molecule has 2 aromatic rings. The van der Waals surface area contributed by atoms with E-state index in [9.17, 15) is 0 Å². The Labute approximate surface area is 117 Å². The summed E-state index contributed by atoms with van der Waals surface area (Å²) in [5.41, 5.74) is 2.83. The van der Waals surface area contributed by atoms with E-state index in [0.29, 0.717) is 11.1 Å². The number of nitrogens with zero attached hydrogens (tertiary/aromatic N) is 3. The summed E-state index contributed by atoms with van der Waals surface area (Å²) in [6.07, 6.45) is 1.57. The van der Waals surface area contributed by atoms with Crippen LogP contribution in [-0.4, -0.2) is 6.21 Å². The summed E-state index contributed by atoms with van der Waals surface area (Å²) in [6.45, 7) is 0.247. The summed E-state index contributed by atoms with van der Waals surface area (Å²) in [7, 11) is 0. The zero-order valence-electron chi connectivity index (χ0n) is 10.7. The van der Waals surface area contributed by atoms with Gasteiger partial charge < -0.3 is 4.84 Å². The lowest BCUT2D eigenvalue weighted by Crippen LogP contribution is -1.92. The average molecular weight is 261 g/mol. The molecule has 0 amide bonds. The van der Waals surface area contributed by atoms with Crippen molar-refractivity contribution in [1.29, 1.82) is 10.5 Å². The van der Waals surface area contributed by atoms with Crippen molar-refractivity contribution < 1.29 is 4.84 Å². The van der Waals surface area contributed by atoms with Crippen molar-refractivity contribution in [3.8, 4) is 12.1 Å². The van der Waals surface area contributed by atoms with Gasteiger partial charge in [0, 0.05) is 5.56 Å². The van der Waals surface area contributed by atoms with Crippen LogP contribution in [0.15, 0.2) is 53.7 Å². The number of oxime groups is 1. The van der Waals surface area contributed by atoms with Gasteiger partial charge in [0.05, 0.1) is 29.5 Å². The molecule has 0 atom stereocenters. The van der Waals surface area contributed by atoms with Gasteiger partial charge in [-0.25, -0.2) is 0 Å². The molecular formula is C16H11N3O. The van der Waals surface area contributed by atoms with Gasteiger partial charge in [-0.3, -0.25) is 0 Å². The molecule has 0 heterocycles. The van der Waals surface area contributed by atoms with Gasteiger partial charge in [-0.2, -0.15) is 10.5 Å². The molecule has 0 aromatic heterocycles. The summed E-state index contributed by atoms with van der Waals surface area (Å²) in [6, 6.07) is 18.4.